The van der Waals surface area contributed by atoms with Crippen LogP contribution in [-0.4, -0.2) is 57.6 Å². The second kappa shape index (κ2) is 16.7. The van der Waals surface area contributed by atoms with Gasteiger partial charge in [0.1, 0.15) is 23.0 Å². The number of nitrogens with zero attached hydrogens (tertiary/aromatic N) is 5. The third-order valence-electron chi connectivity index (χ3n) is 7.60. The molecule has 48 heavy (non-hydrogen) atoms. The van der Waals surface area contributed by atoms with E-state index in [0.29, 0.717) is 21.9 Å². The van der Waals surface area contributed by atoms with Crippen molar-refractivity contribution in [1.29, 1.82) is 0 Å². The summed E-state index contributed by atoms with van der Waals surface area (Å²) in [5, 5.41) is 1.17. The van der Waals surface area contributed by atoms with Crippen LogP contribution >= 0.6 is 11.8 Å². The molecule has 0 spiro atoms. The Morgan fingerprint density at radius 1 is 0.771 bits per heavy atom. The number of fused-ring (bicyclic) bond motifs is 2. The van der Waals surface area contributed by atoms with Gasteiger partial charge in [-0.3, -0.25) is 14.2 Å². The Hall–Kier alpha value is -3.62. The molecule has 6 aromatic rings. The van der Waals surface area contributed by atoms with Gasteiger partial charge in [-0.1, -0.05) is 17.8 Å². The number of hydrogen-bond donors (Lipinski definition) is 1. The molecule has 1 N–H and O–H groups in total. The summed E-state index contributed by atoms with van der Waals surface area (Å²) in [5.74, 6) is 4.18. The van der Waals surface area contributed by atoms with Crippen molar-refractivity contribution in [2.45, 2.75) is 49.5 Å². The molecule has 0 amide bonds. The number of hydrogen-bond acceptors (Lipinski definition) is 10. The van der Waals surface area contributed by atoms with Crippen LogP contribution < -0.4 is 53.5 Å². The molecule has 0 saturated heterocycles. The molecule has 0 aliphatic carbocycles. The van der Waals surface area contributed by atoms with Crippen LogP contribution in [0.1, 0.15) is 33.6 Å². The number of ether oxygens (including phenoxy) is 4. The molecule has 0 fully saturated rings. The van der Waals surface area contributed by atoms with Crippen LogP contribution in [0, 0.1) is 27.7 Å². The minimum Gasteiger partial charge on any atom is -0.497 e. The fourth-order valence-corrected chi connectivity index (χ4v) is 7.04. The van der Waals surface area contributed by atoms with Crippen molar-refractivity contribution in [1.82, 2.24) is 29.9 Å². The van der Waals surface area contributed by atoms with Gasteiger partial charge >= 0.3 is 29.6 Å². The van der Waals surface area contributed by atoms with Crippen molar-refractivity contribution in [3.05, 3.63) is 82.4 Å². The number of nitrogens with one attached hydrogen (secondary N) is 1. The van der Waals surface area contributed by atoms with E-state index in [0.717, 1.165) is 72.8 Å². The second-order valence-electron chi connectivity index (χ2n) is 10.7. The summed E-state index contributed by atoms with van der Waals surface area (Å²) >= 11 is 1.63. The molecule has 11 nitrogen and oxygen atoms in total. The Balaban J connectivity index is 0.000000212. The predicted molar refractivity (Wildman–Crippen MR) is 184 cm³/mol. The van der Waals surface area contributed by atoms with E-state index in [1.165, 1.54) is 0 Å². The molecular weight excluding hydrogens is 660 g/mol. The monoisotopic (exact) mass is 696 g/mol. The van der Waals surface area contributed by atoms with Gasteiger partial charge in [-0.2, -0.15) is 0 Å². The van der Waals surface area contributed by atoms with Crippen molar-refractivity contribution in [2.24, 2.45) is 0 Å². The number of benzene rings is 2. The van der Waals surface area contributed by atoms with Gasteiger partial charge in [0.2, 0.25) is 0 Å². The van der Waals surface area contributed by atoms with E-state index in [1.807, 2.05) is 52.1 Å². The summed E-state index contributed by atoms with van der Waals surface area (Å²) in [6.45, 7) is 7.89. The maximum Gasteiger partial charge on any atom is 1.00 e. The van der Waals surface area contributed by atoms with Gasteiger partial charge in [-0.15, -0.1) is 0 Å². The van der Waals surface area contributed by atoms with Crippen molar-refractivity contribution in [3.63, 3.8) is 0 Å². The molecule has 0 aliphatic heterocycles. The first-order chi connectivity index (χ1) is 22.6. The summed E-state index contributed by atoms with van der Waals surface area (Å²) < 4.78 is 33.9. The van der Waals surface area contributed by atoms with E-state index in [1.54, 1.807) is 64.6 Å². The molecule has 0 saturated carbocycles. The first-order valence-electron chi connectivity index (χ1n) is 14.7. The molecule has 6 rings (SSSR count). The molecule has 0 radical (unpaired) electrons. The topological polar surface area (TPSA) is 135 Å². The summed E-state index contributed by atoms with van der Waals surface area (Å²) in [7, 11) is 5.18. The van der Waals surface area contributed by atoms with Crippen LogP contribution in [0.15, 0.2) is 59.1 Å². The van der Waals surface area contributed by atoms with E-state index in [4.69, 9.17) is 18.9 Å². The van der Waals surface area contributed by atoms with Crippen molar-refractivity contribution in [2.75, 3.05) is 28.4 Å². The zero-order valence-corrected chi connectivity index (χ0v) is 32.3. The third kappa shape index (κ3) is 8.32. The fourth-order valence-electron chi connectivity index (χ4n) is 5.07. The predicted octanol–water partition coefficient (Wildman–Crippen LogP) is 3.42. The van der Waals surface area contributed by atoms with E-state index >= 15 is 0 Å². The number of rotatable bonds is 10. The largest absolute Gasteiger partial charge is 1.00 e. The molecule has 0 unspecified atom stereocenters. The SMILES string of the molecule is COc1ccc2[n-]c([S@](=O)Cc3ncc(C)c(OC)c3C)nc2c1.COc1ccc2nc(SCc3ncc(C)c(OC)c3C)[nH]c2c1.[Na+]. The average molecular weight is 697 g/mol. The Morgan fingerprint density at radius 3 is 2.02 bits per heavy atom. The molecule has 0 aliphatic rings. The van der Waals surface area contributed by atoms with Gasteiger partial charge in [0.25, 0.3) is 0 Å². The van der Waals surface area contributed by atoms with Crippen LogP contribution in [0.25, 0.3) is 22.1 Å². The van der Waals surface area contributed by atoms with Crippen molar-refractivity contribution in [3.8, 4) is 23.0 Å². The normalized spacial score (nSPS) is 11.4. The molecule has 246 valence electrons. The van der Waals surface area contributed by atoms with Crippen LogP contribution in [0.3, 0.4) is 0 Å². The van der Waals surface area contributed by atoms with E-state index in [9.17, 15) is 4.21 Å². The van der Waals surface area contributed by atoms with Gasteiger partial charge in [0.15, 0.2) is 5.16 Å². The van der Waals surface area contributed by atoms with E-state index in [2.05, 4.69) is 29.9 Å². The quantitative estimate of drug-likeness (QED) is 0.167. The minimum absolute atomic E-state index is 0. The summed E-state index contributed by atoms with van der Waals surface area (Å²) in [6.07, 6.45) is 3.58. The zero-order valence-electron chi connectivity index (χ0n) is 28.6. The molecule has 0 bridgehead atoms. The molecule has 1 atom stereocenters. The number of aromatic nitrogens is 6. The number of thioether (sulfide) groups is 1. The second-order valence-corrected chi connectivity index (χ2v) is 13.0. The molecule has 14 heteroatoms. The summed E-state index contributed by atoms with van der Waals surface area (Å²) in [6, 6.07) is 11.2. The summed E-state index contributed by atoms with van der Waals surface area (Å²) in [4.78, 5) is 25.5. The Labute approximate surface area is 308 Å². The van der Waals surface area contributed by atoms with Crippen LogP contribution in [0.4, 0.5) is 0 Å². The number of aryl methyl sites for hydroxylation is 2. The van der Waals surface area contributed by atoms with Gasteiger partial charge in [0.05, 0.1) is 67.4 Å². The number of pyridine rings is 2. The van der Waals surface area contributed by atoms with Gasteiger partial charge in [0, 0.05) is 51.6 Å². The summed E-state index contributed by atoms with van der Waals surface area (Å²) in [5.41, 5.74) is 8.98. The first-order valence-corrected chi connectivity index (χ1v) is 17.0. The molecule has 4 aromatic heterocycles. The maximum atomic E-state index is 12.6. The average Bonchev–Trinajstić information content (AvgIpc) is 3.69. The molecule has 2 aromatic carbocycles. The number of H-pyrrole nitrogens is 1. The van der Waals surface area contributed by atoms with Crippen LogP contribution in [0.2, 0.25) is 0 Å². The first kappa shape index (κ1) is 37.2. The van der Waals surface area contributed by atoms with Gasteiger partial charge < -0.3 is 33.9 Å². The fraction of sp³-hybridized carbons (Fsp3) is 0.294. The third-order valence-corrected chi connectivity index (χ3v) is 9.61. The van der Waals surface area contributed by atoms with Crippen LogP contribution in [0.5, 0.6) is 23.0 Å². The Bertz CT molecular complexity index is 2070. The maximum absolute atomic E-state index is 12.6. The Morgan fingerprint density at radius 2 is 1.38 bits per heavy atom. The van der Waals surface area contributed by atoms with E-state index in [-0.39, 0.29) is 35.3 Å². The molecule has 4 heterocycles. The Kier molecular flexibility index (Phi) is 12.9. The standard InChI is InChI=1S/C17H18N3O3S.C17H19N3O2S.Na/c1-10-8-18-15(11(2)16(10)23-4)9-24(21)17-19-13-6-5-12(22-3)7-14(13)20-17;1-10-8-18-15(11(2)16(10)22-4)9-23-17-19-13-6-5-12(21-3)7-14(13)20-17;/h5-8H,9H2,1-4H3;5-8H,9H2,1-4H3,(H,19,20);/q-1;;+1/t24-;;/m1../s1. The van der Waals surface area contributed by atoms with Crippen molar-refractivity contribution >= 4 is 44.6 Å². The number of aromatic amines is 1. The van der Waals surface area contributed by atoms with E-state index < -0.39 is 10.8 Å². The molecular formula is C34H37N6NaO5S2. The number of imidazole rings is 2. The number of methoxy groups -OCH3 is 4. The smallest absolute Gasteiger partial charge is 0.497 e. The zero-order chi connectivity index (χ0) is 33.7. The van der Waals surface area contributed by atoms with Crippen molar-refractivity contribution < 1.29 is 52.7 Å². The van der Waals surface area contributed by atoms with Crippen LogP contribution in [-0.2, 0) is 22.3 Å². The minimum atomic E-state index is -1.38. The van der Waals surface area contributed by atoms with Gasteiger partial charge in [-0.05, 0) is 63.0 Å². The van der Waals surface area contributed by atoms with Gasteiger partial charge in [-0.25, -0.2) is 4.98 Å².